The fourth-order valence-corrected chi connectivity index (χ4v) is 3.44. The van der Waals surface area contributed by atoms with Crippen LogP contribution in [-0.4, -0.2) is 56.9 Å². The predicted molar refractivity (Wildman–Crippen MR) is 94.9 cm³/mol. The van der Waals surface area contributed by atoms with Crippen molar-refractivity contribution in [3.63, 3.8) is 0 Å². The second-order valence-electron chi connectivity index (χ2n) is 6.04. The Morgan fingerprint density at radius 1 is 1.28 bits per heavy atom. The first kappa shape index (κ1) is 16.5. The van der Waals surface area contributed by atoms with Crippen LogP contribution >= 0.6 is 15.9 Å². The molecule has 0 bridgehead atoms. The number of nitrogens with two attached hydrogens (primary N) is 1. The summed E-state index contributed by atoms with van der Waals surface area (Å²) in [7, 11) is 0. The second-order valence-corrected chi connectivity index (χ2v) is 6.96. The number of ether oxygens (including phenoxy) is 1. The van der Waals surface area contributed by atoms with Crippen molar-refractivity contribution in [1.29, 1.82) is 0 Å². The number of halogens is 2. The number of nitrogen functional groups attached to an aromatic ring is 1. The van der Waals surface area contributed by atoms with Crippen LogP contribution in [0.15, 0.2) is 35.2 Å². The van der Waals surface area contributed by atoms with Gasteiger partial charge in [-0.1, -0.05) is 0 Å². The van der Waals surface area contributed by atoms with Gasteiger partial charge in [0.2, 0.25) is 0 Å². The van der Waals surface area contributed by atoms with Crippen molar-refractivity contribution >= 4 is 27.3 Å². The van der Waals surface area contributed by atoms with Crippen molar-refractivity contribution in [2.75, 3.05) is 38.6 Å². The molecule has 1 aliphatic heterocycles. The third-order valence-electron chi connectivity index (χ3n) is 4.41. The molecule has 1 saturated heterocycles. The topological polar surface area (TPSA) is 73.6 Å². The van der Waals surface area contributed by atoms with Gasteiger partial charge >= 0.3 is 0 Å². The first-order valence-corrected chi connectivity index (χ1v) is 8.84. The quantitative estimate of drug-likeness (QED) is 0.713. The van der Waals surface area contributed by atoms with Crippen LogP contribution in [0.3, 0.4) is 0 Å². The van der Waals surface area contributed by atoms with E-state index in [1.165, 1.54) is 6.20 Å². The summed E-state index contributed by atoms with van der Waals surface area (Å²) in [5, 5.41) is 3.98. The fraction of sp³-hybridized carbons (Fsp3) is 0.375. The van der Waals surface area contributed by atoms with Gasteiger partial charge in [0.05, 0.1) is 31.3 Å². The normalized spacial score (nSPS) is 17.2. The van der Waals surface area contributed by atoms with E-state index < -0.39 is 5.95 Å². The first-order chi connectivity index (χ1) is 12.1. The van der Waals surface area contributed by atoms with Crippen LogP contribution in [0, 0.1) is 5.95 Å². The molecule has 25 heavy (non-hydrogen) atoms. The average molecular weight is 409 g/mol. The van der Waals surface area contributed by atoms with E-state index in [2.05, 4.69) is 30.9 Å². The highest BCUT2D eigenvalue weighted by Gasteiger charge is 2.24. The summed E-state index contributed by atoms with van der Waals surface area (Å²) in [6.07, 6.45) is 5.30. The van der Waals surface area contributed by atoms with Crippen molar-refractivity contribution in [3.8, 4) is 0 Å². The van der Waals surface area contributed by atoms with Gasteiger partial charge in [0.15, 0.2) is 0 Å². The minimum atomic E-state index is -0.651. The number of imidazole rings is 1. The van der Waals surface area contributed by atoms with Crippen LogP contribution in [0.25, 0.3) is 5.65 Å². The summed E-state index contributed by atoms with van der Waals surface area (Å²) >= 11 is 3.49. The maximum Gasteiger partial charge on any atom is 0.255 e. The number of aromatic nitrogens is 4. The van der Waals surface area contributed by atoms with E-state index in [0.29, 0.717) is 19.8 Å². The molecule has 0 aromatic carbocycles. The molecule has 1 fully saturated rings. The summed E-state index contributed by atoms with van der Waals surface area (Å²) in [4.78, 5) is 6.74. The molecule has 3 aromatic rings. The largest absolute Gasteiger partial charge is 0.394 e. The predicted octanol–water partition coefficient (Wildman–Crippen LogP) is 1.94. The number of morpholine rings is 1. The van der Waals surface area contributed by atoms with Gasteiger partial charge in [-0.05, 0) is 28.1 Å². The van der Waals surface area contributed by atoms with Gasteiger partial charge in [0.1, 0.15) is 17.4 Å². The molecule has 0 amide bonds. The van der Waals surface area contributed by atoms with Crippen molar-refractivity contribution in [2.45, 2.75) is 6.04 Å². The Balaban J connectivity index is 1.76. The number of hydrogen-bond acceptors (Lipinski definition) is 5. The minimum absolute atomic E-state index is 0.0435. The molecule has 1 aliphatic rings. The molecule has 0 aliphatic carbocycles. The van der Waals surface area contributed by atoms with Crippen LogP contribution in [0.4, 0.5) is 10.1 Å². The number of nitrogens with zero attached hydrogens (tertiary/aromatic N) is 5. The molecule has 1 unspecified atom stereocenters. The highest BCUT2D eigenvalue weighted by atomic mass is 79.9. The number of hydrogen-bond donors (Lipinski definition) is 1. The molecule has 4 rings (SSSR count). The van der Waals surface area contributed by atoms with Crippen molar-refractivity contribution < 1.29 is 9.13 Å². The lowest BCUT2D eigenvalue weighted by molar-refractivity contribution is 0.0327. The highest BCUT2D eigenvalue weighted by molar-refractivity contribution is 9.10. The SMILES string of the molecule is Nc1cn(C(CN2CCOCC2)c2cnc3ccc(Br)cn23)nc1F. The van der Waals surface area contributed by atoms with Gasteiger partial charge in [0.25, 0.3) is 5.95 Å². The summed E-state index contributed by atoms with van der Waals surface area (Å²) < 4.78 is 23.7. The summed E-state index contributed by atoms with van der Waals surface area (Å²) in [6.45, 7) is 3.72. The maximum absolute atomic E-state index is 13.8. The van der Waals surface area contributed by atoms with Crippen molar-refractivity contribution in [1.82, 2.24) is 24.1 Å². The van der Waals surface area contributed by atoms with E-state index in [1.807, 2.05) is 28.9 Å². The van der Waals surface area contributed by atoms with Crippen LogP contribution < -0.4 is 5.73 Å². The molecule has 0 spiro atoms. The molecule has 132 valence electrons. The van der Waals surface area contributed by atoms with Crippen LogP contribution in [0.2, 0.25) is 0 Å². The van der Waals surface area contributed by atoms with Crippen LogP contribution in [-0.2, 0) is 4.74 Å². The molecule has 7 nitrogen and oxygen atoms in total. The molecular weight excluding hydrogens is 391 g/mol. The monoisotopic (exact) mass is 408 g/mol. The highest BCUT2D eigenvalue weighted by Crippen LogP contribution is 2.24. The van der Waals surface area contributed by atoms with E-state index in [0.717, 1.165) is 28.9 Å². The molecule has 1 atom stereocenters. The fourth-order valence-electron chi connectivity index (χ4n) is 3.10. The summed E-state index contributed by atoms with van der Waals surface area (Å²) in [6, 6.07) is 3.65. The van der Waals surface area contributed by atoms with Gasteiger partial charge in [-0.15, -0.1) is 5.10 Å². The van der Waals surface area contributed by atoms with E-state index in [1.54, 1.807) is 4.68 Å². The number of pyridine rings is 1. The smallest absolute Gasteiger partial charge is 0.255 e. The molecule has 4 heterocycles. The summed E-state index contributed by atoms with van der Waals surface area (Å²) in [5.41, 5.74) is 7.47. The third kappa shape index (κ3) is 3.26. The van der Waals surface area contributed by atoms with E-state index in [9.17, 15) is 4.39 Å². The number of rotatable bonds is 4. The first-order valence-electron chi connectivity index (χ1n) is 8.04. The Kier molecular flexibility index (Phi) is 4.45. The third-order valence-corrected chi connectivity index (χ3v) is 4.88. The number of anilines is 1. The lowest BCUT2D eigenvalue weighted by Gasteiger charge is -2.30. The molecule has 3 aromatic heterocycles. The van der Waals surface area contributed by atoms with Crippen molar-refractivity contribution in [3.05, 3.63) is 46.8 Å². The van der Waals surface area contributed by atoms with Crippen LogP contribution in [0.1, 0.15) is 11.7 Å². The Bertz CT molecular complexity index is 869. The van der Waals surface area contributed by atoms with Gasteiger partial charge in [-0.25, -0.2) is 4.98 Å². The lowest BCUT2D eigenvalue weighted by atomic mass is 10.2. The minimum Gasteiger partial charge on any atom is -0.394 e. The van der Waals surface area contributed by atoms with E-state index >= 15 is 0 Å². The van der Waals surface area contributed by atoms with E-state index in [4.69, 9.17) is 10.5 Å². The zero-order valence-corrected chi connectivity index (χ0v) is 15.1. The average Bonchev–Trinajstić information content (AvgIpc) is 3.17. The van der Waals surface area contributed by atoms with Gasteiger partial charge in [-0.2, -0.15) is 4.39 Å². The zero-order valence-electron chi connectivity index (χ0n) is 13.5. The Morgan fingerprint density at radius 3 is 2.80 bits per heavy atom. The lowest BCUT2D eigenvalue weighted by Crippen LogP contribution is -2.40. The molecule has 2 N–H and O–H groups in total. The molecule has 9 heteroatoms. The zero-order chi connectivity index (χ0) is 17.4. The van der Waals surface area contributed by atoms with Gasteiger partial charge in [0, 0.05) is 30.3 Å². The standard InChI is InChI=1S/C16H18BrFN6O/c17-11-1-2-15-20-7-13(23(15)8-11)14(10-22-3-5-25-6-4-22)24-9-12(19)16(18)21-24/h1-2,7-9,14H,3-6,10,19H2. The maximum atomic E-state index is 13.8. The molecule has 0 radical (unpaired) electrons. The van der Waals surface area contributed by atoms with Gasteiger partial charge in [-0.3, -0.25) is 9.58 Å². The second kappa shape index (κ2) is 6.74. The van der Waals surface area contributed by atoms with E-state index in [-0.39, 0.29) is 11.7 Å². The Morgan fingerprint density at radius 2 is 2.08 bits per heavy atom. The summed E-state index contributed by atoms with van der Waals surface area (Å²) in [5.74, 6) is -0.651. The Labute approximate surface area is 152 Å². The van der Waals surface area contributed by atoms with Crippen LogP contribution in [0.5, 0.6) is 0 Å². The molecular formula is C16H18BrFN6O. The van der Waals surface area contributed by atoms with Gasteiger partial charge < -0.3 is 14.9 Å². The Hall–Kier alpha value is -1.97. The number of fused-ring (bicyclic) bond motifs is 1. The van der Waals surface area contributed by atoms with Crippen molar-refractivity contribution in [2.24, 2.45) is 0 Å². The molecule has 0 saturated carbocycles.